The van der Waals surface area contributed by atoms with Crippen LogP contribution < -0.4 is 5.32 Å². The number of likely N-dealkylation sites (tertiary alicyclic amines) is 1. The van der Waals surface area contributed by atoms with Crippen LogP contribution in [0.5, 0.6) is 0 Å². The van der Waals surface area contributed by atoms with Gasteiger partial charge in [-0.2, -0.15) is 0 Å². The SMILES string of the molecule is CN[C@@H]1CCCN(C(=O)c2c(F)cc(Br)cc2F)C1. The normalized spacial score (nSPS) is 19.6. The van der Waals surface area contributed by atoms with Gasteiger partial charge in [0.25, 0.3) is 5.91 Å². The summed E-state index contributed by atoms with van der Waals surface area (Å²) in [6.45, 7) is 1.01. The predicted octanol–water partition coefficient (Wildman–Crippen LogP) is 2.55. The van der Waals surface area contributed by atoms with Gasteiger partial charge in [-0.25, -0.2) is 8.78 Å². The number of piperidine rings is 1. The van der Waals surface area contributed by atoms with Gasteiger partial charge in [-0.3, -0.25) is 4.79 Å². The molecule has 0 aromatic heterocycles. The van der Waals surface area contributed by atoms with Crippen LogP contribution in [0, 0.1) is 11.6 Å². The monoisotopic (exact) mass is 332 g/mol. The number of carbonyl (C=O) groups excluding carboxylic acids is 1. The minimum absolute atomic E-state index is 0.180. The molecule has 19 heavy (non-hydrogen) atoms. The average molecular weight is 333 g/mol. The highest BCUT2D eigenvalue weighted by Crippen LogP contribution is 2.22. The first-order chi connectivity index (χ1) is 9.02. The number of hydrogen-bond acceptors (Lipinski definition) is 2. The fraction of sp³-hybridized carbons (Fsp3) is 0.462. The first-order valence-electron chi connectivity index (χ1n) is 6.14. The lowest BCUT2D eigenvalue weighted by molar-refractivity contribution is 0.0688. The number of halogens is 3. The van der Waals surface area contributed by atoms with Gasteiger partial charge in [0.2, 0.25) is 0 Å². The van der Waals surface area contributed by atoms with E-state index >= 15 is 0 Å². The zero-order chi connectivity index (χ0) is 14.0. The Kier molecular flexibility index (Phi) is 4.52. The van der Waals surface area contributed by atoms with Gasteiger partial charge < -0.3 is 10.2 Å². The molecule has 1 N–H and O–H groups in total. The highest BCUT2D eigenvalue weighted by Gasteiger charge is 2.27. The van der Waals surface area contributed by atoms with E-state index in [0.29, 0.717) is 13.1 Å². The summed E-state index contributed by atoms with van der Waals surface area (Å²) in [4.78, 5) is 13.7. The van der Waals surface area contributed by atoms with E-state index in [1.165, 1.54) is 4.90 Å². The fourth-order valence-corrected chi connectivity index (χ4v) is 2.70. The Labute approximate surface area is 119 Å². The number of amides is 1. The van der Waals surface area contributed by atoms with Crippen molar-refractivity contribution in [3.63, 3.8) is 0 Å². The first-order valence-corrected chi connectivity index (χ1v) is 6.93. The lowest BCUT2D eigenvalue weighted by atomic mass is 10.0. The summed E-state index contributed by atoms with van der Waals surface area (Å²) in [7, 11) is 1.82. The number of nitrogens with one attached hydrogen (secondary N) is 1. The van der Waals surface area contributed by atoms with Gasteiger partial charge in [0.05, 0.1) is 0 Å². The molecule has 1 aliphatic rings. The van der Waals surface area contributed by atoms with Crippen LogP contribution in [0.15, 0.2) is 16.6 Å². The molecule has 2 rings (SSSR count). The van der Waals surface area contributed by atoms with Gasteiger partial charge in [-0.05, 0) is 32.0 Å². The maximum absolute atomic E-state index is 13.8. The van der Waals surface area contributed by atoms with E-state index in [1.54, 1.807) is 0 Å². The van der Waals surface area contributed by atoms with Gasteiger partial charge in [0.15, 0.2) is 0 Å². The Bertz CT molecular complexity index is 473. The second-order valence-electron chi connectivity index (χ2n) is 4.62. The Morgan fingerprint density at radius 1 is 1.42 bits per heavy atom. The highest BCUT2D eigenvalue weighted by molar-refractivity contribution is 9.10. The molecule has 1 aromatic carbocycles. The number of carbonyl (C=O) groups is 1. The van der Waals surface area contributed by atoms with Gasteiger partial charge in [0.1, 0.15) is 17.2 Å². The summed E-state index contributed by atoms with van der Waals surface area (Å²) < 4.78 is 27.8. The number of likely N-dealkylation sites (N-methyl/N-ethyl adjacent to an activating group) is 1. The van der Waals surface area contributed by atoms with Crippen molar-refractivity contribution >= 4 is 21.8 Å². The van der Waals surface area contributed by atoms with Crippen LogP contribution in [0.2, 0.25) is 0 Å². The van der Waals surface area contributed by atoms with Crippen molar-refractivity contribution in [3.8, 4) is 0 Å². The summed E-state index contributed by atoms with van der Waals surface area (Å²) in [6.07, 6.45) is 1.79. The average Bonchev–Trinajstić information content (AvgIpc) is 2.37. The smallest absolute Gasteiger partial charge is 0.259 e. The van der Waals surface area contributed by atoms with E-state index in [2.05, 4.69) is 21.2 Å². The third-order valence-electron chi connectivity index (χ3n) is 3.34. The second-order valence-corrected chi connectivity index (χ2v) is 5.54. The first kappa shape index (κ1) is 14.4. The maximum Gasteiger partial charge on any atom is 0.259 e. The lowest BCUT2D eigenvalue weighted by Gasteiger charge is -2.32. The fourth-order valence-electron chi connectivity index (χ4n) is 2.30. The summed E-state index contributed by atoms with van der Waals surface area (Å²) in [6, 6.07) is 2.39. The molecular weight excluding hydrogens is 318 g/mol. The minimum atomic E-state index is -0.830. The van der Waals surface area contributed by atoms with Crippen LogP contribution in [-0.4, -0.2) is 37.0 Å². The predicted molar refractivity (Wildman–Crippen MR) is 72.0 cm³/mol. The molecule has 0 aliphatic carbocycles. The molecule has 104 valence electrons. The lowest BCUT2D eigenvalue weighted by Crippen LogP contribution is -2.47. The molecule has 1 saturated heterocycles. The number of hydrogen-bond donors (Lipinski definition) is 1. The molecule has 1 aromatic rings. The van der Waals surface area contributed by atoms with Gasteiger partial charge in [-0.1, -0.05) is 15.9 Å². The van der Waals surface area contributed by atoms with Crippen LogP contribution in [0.4, 0.5) is 8.78 Å². The quantitative estimate of drug-likeness (QED) is 0.902. The van der Waals surface area contributed by atoms with E-state index in [-0.39, 0.29) is 10.5 Å². The van der Waals surface area contributed by atoms with E-state index in [9.17, 15) is 13.6 Å². The van der Waals surface area contributed by atoms with Crippen molar-refractivity contribution in [2.75, 3.05) is 20.1 Å². The third kappa shape index (κ3) is 3.12. The molecule has 3 nitrogen and oxygen atoms in total. The summed E-state index contributed by atoms with van der Waals surface area (Å²) in [5, 5.41) is 3.09. The molecular formula is C13H15BrF2N2O. The molecule has 1 aliphatic heterocycles. The Morgan fingerprint density at radius 3 is 2.63 bits per heavy atom. The van der Waals surface area contributed by atoms with Crippen molar-refractivity contribution in [1.29, 1.82) is 0 Å². The van der Waals surface area contributed by atoms with Crippen molar-refractivity contribution in [1.82, 2.24) is 10.2 Å². The van der Waals surface area contributed by atoms with E-state index in [0.717, 1.165) is 25.0 Å². The highest BCUT2D eigenvalue weighted by atomic mass is 79.9. The van der Waals surface area contributed by atoms with Crippen molar-refractivity contribution in [2.45, 2.75) is 18.9 Å². The van der Waals surface area contributed by atoms with E-state index in [4.69, 9.17) is 0 Å². The summed E-state index contributed by atoms with van der Waals surface area (Å²) in [5.74, 6) is -2.24. The van der Waals surface area contributed by atoms with Crippen LogP contribution in [0.3, 0.4) is 0 Å². The summed E-state index contributed by atoms with van der Waals surface area (Å²) >= 11 is 3.00. The van der Waals surface area contributed by atoms with Gasteiger partial charge >= 0.3 is 0 Å². The van der Waals surface area contributed by atoms with Gasteiger partial charge in [-0.15, -0.1) is 0 Å². The summed E-state index contributed by atoms with van der Waals surface area (Å²) in [5.41, 5.74) is -0.472. The molecule has 1 fully saturated rings. The molecule has 0 radical (unpaired) electrons. The molecule has 1 heterocycles. The molecule has 0 saturated carbocycles. The molecule has 6 heteroatoms. The van der Waals surface area contributed by atoms with Crippen LogP contribution in [0.25, 0.3) is 0 Å². The third-order valence-corrected chi connectivity index (χ3v) is 3.80. The molecule has 0 unspecified atom stereocenters. The Hall–Kier alpha value is -1.01. The Morgan fingerprint density at radius 2 is 2.05 bits per heavy atom. The van der Waals surface area contributed by atoms with Crippen molar-refractivity contribution < 1.29 is 13.6 Å². The molecule has 1 atom stereocenters. The maximum atomic E-state index is 13.8. The molecule has 1 amide bonds. The van der Waals surface area contributed by atoms with Crippen LogP contribution in [-0.2, 0) is 0 Å². The topological polar surface area (TPSA) is 32.3 Å². The molecule has 0 spiro atoms. The number of rotatable bonds is 2. The molecule has 0 bridgehead atoms. The van der Waals surface area contributed by atoms with Crippen molar-refractivity contribution in [2.24, 2.45) is 0 Å². The van der Waals surface area contributed by atoms with Gasteiger partial charge in [0, 0.05) is 23.6 Å². The standard InChI is InChI=1S/C13H15BrF2N2O/c1-17-9-3-2-4-18(7-9)13(19)12-10(15)5-8(14)6-11(12)16/h5-6,9,17H,2-4,7H2,1H3/t9-/m1/s1. The second kappa shape index (κ2) is 5.96. The van der Waals surface area contributed by atoms with Crippen LogP contribution in [0.1, 0.15) is 23.2 Å². The Balaban J connectivity index is 2.24. The zero-order valence-electron chi connectivity index (χ0n) is 10.5. The number of benzene rings is 1. The zero-order valence-corrected chi connectivity index (χ0v) is 12.1. The van der Waals surface area contributed by atoms with Crippen LogP contribution >= 0.6 is 15.9 Å². The van der Waals surface area contributed by atoms with E-state index in [1.807, 2.05) is 7.05 Å². The largest absolute Gasteiger partial charge is 0.337 e. The minimum Gasteiger partial charge on any atom is -0.337 e. The van der Waals surface area contributed by atoms with E-state index < -0.39 is 23.1 Å². The van der Waals surface area contributed by atoms with Crippen molar-refractivity contribution in [3.05, 3.63) is 33.8 Å². The number of nitrogens with zero attached hydrogens (tertiary/aromatic N) is 1.